The van der Waals surface area contributed by atoms with Gasteiger partial charge in [0.15, 0.2) is 10.8 Å². The number of aliphatic carboxylic acids is 1. The third-order valence-electron chi connectivity index (χ3n) is 8.29. The highest BCUT2D eigenvalue weighted by molar-refractivity contribution is 7.80. The number of rotatable bonds is 15. The Hall–Kier alpha value is -4.67. The summed E-state index contributed by atoms with van der Waals surface area (Å²) in [5, 5.41) is 22.1. The van der Waals surface area contributed by atoms with Crippen LogP contribution in [-0.4, -0.2) is 130 Å². The van der Waals surface area contributed by atoms with Crippen LogP contribution < -0.4 is 15.8 Å². The summed E-state index contributed by atoms with van der Waals surface area (Å²) in [5.74, 6) is -3.18. The Morgan fingerprint density at radius 3 is 2.56 bits per heavy atom. The smallest absolute Gasteiger partial charge is 0.351 e. The largest absolute Gasteiger partial charge is 0.724 e. The maximum absolute atomic E-state index is 13.2. The van der Waals surface area contributed by atoms with Gasteiger partial charge < -0.3 is 39.5 Å². The number of hydrogen-bond acceptors (Lipinski definition) is 15. The molecule has 0 bridgehead atoms. The number of β-lactam (4-membered cyclic amide) rings is 1. The van der Waals surface area contributed by atoms with Crippen molar-refractivity contribution < 1.29 is 55.5 Å². The van der Waals surface area contributed by atoms with E-state index in [2.05, 4.69) is 31.9 Å². The number of hydrogen-bond donors (Lipinski definition) is 3. The molecule has 2 aliphatic heterocycles. The maximum Gasteiger partial charge on any atom is 0.351 e. The van der Waals surface area contributed by atoms with Gasteiger partial charge in [-0.15, -0.1) is 11.3 Å². The number of carboxylic acid groups (broad SMARTS) is 1. The van der Waals surface area contributed by atoms with Gasteiger partial charge in [0.2, 0.25) is 10.4 Å². The summed E-state index contributed by atoms with van der Waals surface area (Å²) in [7, 11) is -3.05. The number of anilines is 1. The van der Waals surface area contributed by atoms with Gasteiger partial charge in [-0.3, -0.25) is 14.3 Å². The number of hydroxylamine groups is 2. The number of thiazole rings is 1. The van der Waals surface area contributed by atoms with Crippen LogP contribution >= 0.6 is 11.3 Å². The van der Waals surface area contributed by atoms with Crippen LogP contribution in [0.1, 0.15) is 19.5 Å². The van der Waals surface area contributed by atoms with Crippen LogP contribution in [0.25, 0.3) is 11.1 Å². The van der Waals surface area contributed by atoms with Crippen molar-refractivity contribution in [3.63, 3.8) is 0 Å². The van der Waals surface area contributed by atoms with E-state index in [1.54, 1.807) is 30.5 Å². The van der Waals surface area contributed by atoms with Crippen molar-refractivity contribution in [2.45, 2.75) is 38.1 Å². The number of aromatic nitrogens is 3. The molecular formula is C29H36N8O11S2. The van der Waals surface area contributed by atoms with Crippen LogP contribution in [0.15, 0.2) is 47.2 Å². The first-order valence-electron chi connectivity index (χ1n) is 15.2. The summed E-state index contributed by atoms with van der Waals surface area (Å²) in [5.41, 5.74) is 5.39. The Kier molecular flexibility index (Phi) is 10.7. The molecule has 2 fully saturated rings. The Balaban J connectivity index is 1.21. The third-order valence-corrected chi connectivity index (χ3v) is 9.29. The average molecular weight is 737 g/mol. The molecule has 2 aliphatic rings. The van der Waals surface area contributed by atoms with Gasteiger partial charge in [-0.25, -0.2) is 18.2 Å². The number of nitrogen functional groups attached to an aromatic ring is 1. The summed E-state index contributed by atoms with van der Waals surface area (Å²) in [6.07, 6.45) is 2.05. The zero-order valence-corrected chi connectivity index (χ0v) is 28.9. The molecule has 0 spiro atoms. The molecule has 2 atom stereocenters. The number of nitrogens with two attached hydrogens (primary N) is 1. The lowest BCUT2D eigenvalue weighted by atomic mass is 9.84. The molecule has 0 radical (unpaired) electrons. The Morgan fingerprint density at radius 2 is 1.96 bits per heavy atom. The minimum absolute atomic E-state index is 0.0540. The number of ether oxygens (including phenoxy) is 2. The normalized spacial score (nSPS) is 19.4. The van der Waals surface area contributed by atoms with E-state index >= 15 is 0 Å². The standard InChI is InChI=1S/C29H36N8O11S2/c1-29(2)24(26(39)36(29)48-50(42,43)44)33-25(38)23(21-17-49-28(30)32-21)34-47-22(27(40)41)16-46-20-6-4-18(5-7-20)19-14-31-35(15-19)8-9-37(3)10-12-45-13-11-37/h4-7,14-15,17,22,24H,8-13,16H2,1-3H3,(H4-,30,32,33,38,40,41,42,43,44)/b34-23-/t22-,24+/m0/s1. The molecule has 4 heterocycles. The molecule has 1 aromatic carbocycles. The number of amides is 2. The molecule has 19 nitrogen and oxygen atoms in total. The van der Waals surface area contributed by atoms with E-state index < -0.39 is 58.2 Å². The van der Waals surface area contributed by atoms with Gasteiger partial charge in [-0.1, -0.05) is 17.3 Å². The van der Waals surface area contributed by atoms with Crippen molar-refractivity contribution in [2.24, 2.45) is 5.16 Å². The number of morpholine rings is 1. The van der Waals surface area contributed by atoms with E-state index in [-0.39, 0.29) is 10.8 Å². The zero-order chi connectivity index (χ0) is 36.3. The number of likely N-dealkylation sites (N-methyl/N-ethyl adjacent to an activating group) is 1. The Bertz CT molecular complexity index is 1850. The second-order valence-corrected chi connectivity index (χ2v) is 14.2. The van der Waals surface area contributed by atoms with Gasteiger partial charge in [0.1, 0.15) is 37.2 Å². The predicted molar refractivity (Wildman–Crippen MR) is 174 cm³/mol. The molecule has 2 amide bonds. The average Bonchev–Trinajstić information content (AvgIpc) is 3.72. The van der Waals surface area contributed by atoms with Crippen LogP contribution in [0, 0.1) is 0 Å². The number of quaternary nitrogens is 1. The van der Waals surface area contributed by atoms with E-state index in [1.807, 2.05) is 10.9 Å². The molecule has 270 valence electrons. The molecule has 2 saturated heterocycles. The minimum atomic E-state index is -5.27. The molecular weight excluding hydrogens is 700 g/mol. The first-order valence-corrected chi connectivity index (χ1v) is 17.4. The zero-order valence-electron chi connectivity index (χ0n) is 27.3. The summed E-state index contributed by atoms with van der Waals surface area (Å²) in [6, 6.07) is 5.58. The fourth-order valence-corrected chi connectivity index (χ4v) is 6.18. The van der Waals surface area contributed by atoms with Crippen molar-refractivity contribution in [3.05, 3.63) is 47.7 Å². The van der Waals surface area contributed by atoms with E-state index in [0.717, 1.165) is 66.3 Å². The van der Waals surface area contributed by atoms with E-state index in [9.17, 15) is 32.5 Å². The first kappa shape index (κ1) is 36.6. The van der Waals surface area contributed by atoms with Gasteiger partial charge in [-0.05, 0) is 31.5 Å². The number of carbonyl (C=O) groups is 3. The molecule has 3 aromatic rings. The lowest BCUT2D eigenvalue weighted by Crippen LogP contribution is -2.76. The molecule has 0 saturated carbocycles. The second-order valence-electron chi connectivity index (χ2n) is 12.3. The van der Waals surface area contributed by atoms with Crippen molar-refractivity contribution in [2.75, 3.05) is 52.2 Å². The number of oxime groups is 1. The minimum Gasteiger partial charge on any atom is -0.724 e. The van der Waals surface area contributed by atoms with Gasteiger partial charge in [-0.2, -0.15) is 14.4 Å². The van der Waals surface area contributed by atoms with E-state index in [0.29, 0.717) is 10.8 Å². The molecule has 0 unspecified atom stereocenters. The number of nitrogens with zero attached hydrogens (tertiary/aromatic N) is 6. The topological polar surface area (TPSA) is 250 Å². The van der Waals surface area contributed by atoms with Gasteiger partial charge in [0, 0.05) is 17.1 Å². The number of carbonyl (C=O) groups excluding carboxylic acids is 2. The molecule has 21 heteroatoms. The van der Waals surface area contributed by atoms with Gasteiger partial charge >= 0.3 is 5.97 Å². The third kappa shape index (κ3) is 8.73. The monoisotopic (exact) mass is 736 g/mol. The first-order chi connectivity index (χ1) is 23.5. The second kappa shape index (κ2) is 14.7. The molecule has 4 N–H and O–H groups in total. The molecule has 2 aromatic heterocycles. The van der Waals surface area contributed by atoms with Crippen molar-refractivity contribution in [3.8, 4) is 16.9 Å². The molecule has 0 aliphatic carbocycles. The number of nitrogens with one attached hydrogen (secondary N) is 1. The summed E-state index contributed by atoms with van der Waals surface area (Å²) < 4.78 is 51.1. The lowest BCUT2D eigenvalue weighted by Gasteiger charge is -2.51. The quantitative estimate of drug-likeness (QED) is 0.0457. The summed E-state index contributed by atoms with van der Waals surface area (Å²) in [4.78, 5) is 46.9. The Labute approximate surface area is 290 Å². The van der Waals surface area contributed by atoms with Crippen LogP contribution in [0.5, 0.6) is 5.75 Å². The van der Waals surface area contributed by atoms with Crippen LogP contribution in [0.2, 0.25) is 0 Å². The number of benzene rings is 1. The molecule has 50 heavy (non-hydrogen) atoms. The van der Waals surface area contributed by atoms with Crippen LogP contribution in [-0.2, 0) is 45.2 Å². The maximum atomic E-state index is 13.2. The molecule has 5 rings (SSSR count). The number of carboxylic acids is 1. The summed E-state index contributed by atoms with van der Waals surface area (Å²) in [6.45, 7) is 7.30. The van der Waals surface area contributed by atoms with Gasteiger partial charge in [0.25, 0.3) is 17.9 Å². The van der Waals surface area contributed by atoms with Crippen molar-refractivity contribution in [1.82, 2.24) is 25.1 Å². The lowest BCUT2D eigenvalue weighted by molar-refractivity contribution is -0.917. The Morgan fingerprint density at radius 1 is 1.26 bits per heavy atom. The van der Waals surface area contributed by atoms with E-state index in [4.69, 9.17) is 20.0 Å². The highest BCUT2D eigenvalue weighted by Gasteiger charge is 2.57. The fourth-order valence-electron chi connectivity index (χ4n) is 5.18. The fraction of sp³-hybridized carbons (Fsp3) is 0.448. The highest BCUT2D eigenvalue weighted by atomic mass is 32.3. The van der Waals surface area contributed by atoms with Crippen molar-refractivity contribution >= 4 is 50.4 Å². The van der Waals surface area contributed by atoms with Crippen LogP contribution in [0.3, 0.4) is 0 Å². The predicted octanol–water partition coefficient (Wildman–Crippen LogP) is -0.184. The SMILES string of the molecule is CC1(C)[C@H](NC(=O)/C(=N\O[C@@H](COc2ccc(-c3cnn(CC[N+]4(C)CCOCC4)c3)cc2)C(=O)O)c2csc(N)n2)C(=O)N1OS(=O)(=O)[O-]. The van der Waals surface area contributed by atoms with Gasteiger partial charge in [0.05, 0.1) is 45.1 Å². The summed E-state index contributed by atoms with van der Waals surface area (Å²) >= 11 is 0.955. The van der Waals surface area contributed by atoms with Crippen LogP contribution in [0.4, 0.5) is 5.13 Å². The highest BCUT2D eigenvalue weighted by Crippen LogP contribution is 2.33. The van der Waals surface area contributed by atoms with Crippen molar-refractivity contribution in [1.29, 1.82) is 0 Å². The van der Waals surface area contributed by atoms with E-state index in [1.165, 1.54) is 19.2 Å².